The summed E-state index contributed by atoms with van der Waals surface area (Å²) in [6.45, 7) is 6.19. The van der Waals surface area contributed by atoms with Crippen molar-refractivity contribution in [1.29, 1.82) is 0 Å². The Morgan fingerprint density at radius 3 is 2.70 bits per heavy atom. The number of benzene rings is 1. The van der Waals surface area contributed by atoms with E-state index in [0.717, 1.165) is 5.56 Å². The van der Waals surface area contributed by atoms with Gasteiger partial charge < -0.3 is 14.8 Å². The van der Waals surface area contributed by atoms with Crippen molar-refractivity contribution in [3.05, 3.63) is 28.8 Å². The number of rotatable bonds is 6. The second-order valence-corrected chi connectivity index (χ2v) is 4.87. The molecule has 0 aliphatic rings. The lowest BCUT2D eigenvalue weighted by Crippen LogP contribution is -2.28. The minimum Gasteiger partial charge on any atom is -0.493 e. The highest BCUT2D eigenvalue weighted by atomic mass is 35.5. The average Bonchev–Trinajstić information content (AvgIpc) is 2.38. The molecule has 20 heavy (non-hydrogen) atoms. The van der Waals surface area contributed by atoms with E-state index in [1.807, 2.05) is 20.8 Å². The minimum absolute atomic E-state index is 0.102. The van der Waals surface area contributed by atoms with Gasteiger partial charge in [-0.25, -0.2) is 0 Å². The van der Waals surface area contributed by atoms with Gasteiger partial charge in [-0.2, -0.15) is 0 Å². The Hall–Kier alpha value is -1.68. The second-order valence-electron chi connectivity index (χ2n) is 4.46. The molecule has 5 heteroatoms. The van der Waals surface area contributed by atoms with Crippen LogP contribution in [0.3, 0.4) is 0 Å². The van der Waals surface area contributed by atoms with E-state index in [-0.39, 0.29) is 11.9 Å². The summed E-state index contributed by atoms with van der Waals surface area (Å²) in [6, 6.07) is 3.61. The number of nitrogens with one attached hydrogen (secondary N) is 1. The van der Waals surface area contributed by atoms with E-state index < -0.39 is 0 Å². The Morgan fingerprint density at radius 2 is 2.15 bits per heavy atom. The molecule has 1 rings (SSSR count). The molecular formula is C15H20ClNO3. The molecule has 0 radical (unpaired) electrons. The van der Waals surface area contributed by atoms with Gasteiger partial charge in [-0.05, 0) is 44.5 Å². The fraction of sp³-hybridized carbons (Fsp3) is 0.400. The maximum Gasteiger partial charge on any atom is 0.244 e. The van der Waals surface area contributed by atoms with Gasteiger partial charge in [-0.15, -0.1) is 0 Å². The SMILES string of the molecule is CCOc1c(Cl)cc(/C=C/C(=O)NC(C)C)cc1OC. The van der Waals surface area contributed by atoms with E-state index in [4.69, 9.17) is 21.1 Å². The molecule has 1 amide bonds. The van der Waals surface area contributed by atoms with Crippen LogP contribution < -0.4 is 14.8 Å². The van der Waals surface area contributed by atoms with Crippen LogP contribution in [0.1, 0.15) is 26.3 Å². The number of hydrogen-bond donors (Lipinski definition) is 1. The third-order valence-corrected chi connectivity index (χ3v) is 2.68. The van der Waals surface area contributed by atoms with Crippen molar-refractivity contribution >= 4 is 23.6 Å². The lowest BCUT2D eigenvalue weighted by Gasteiger charge is -2.12. The molecule has 1 aromatic rings. The summed E-state index contributed by atoms with van der Waals surface area (Å²) < 4.78 is 10.7. The molecule has 0 aliphatic heterocycles. The van der Waals surface area contributed by atoms with Crippen LogP contribution in [0, 0.1) is 0 Å². The van der Waals surface area contributed by atoms with Crippen LogP contribution in [-0.2, 0) is 4.79 Å². The Bertz CT molecular complexity index is 498. The summed E-state index contributed by atoms with van der Waals surface area (Å²) >= 11 is 6.15. The average molecular weight is 298 g/mol. The molecule has 110 valence electrons. The zero-order valence-corrected chi connectivity index (χ0v) is 13.0. The largest absolute Gasteiger partial charge is 0.493 e. The normalized spacial score (nSPS) is 10.9. The van der Waals surface area contributed by atoms with Gasteiger partial charge in [0.25, 0.3) is 0 Å². The van der Waals surface area contributed by atoms with E-state index in [1.54, 1.807) is 25.3 Å². The van der Waals surface area contributed by atoms with Crippen LogP contribution in [0.15, 0.2) is 18.2 Å². The molecule has 0 heterocycles. The Labute approximate surface area is 124 Å². The molecule has 0 aromatic heterocycles. The maximum absolute atomic E-state index is 11.5. The van der Waals surface area contributed by atoms with Crippen molar-refractivity contribution in [3.8, 4) is 11.5 Å². The van der Waals surface area contributed by atoms with Crippen LogP contribution in [0.5, 0.6) is 11.5 Å². The molecule has 0 saturated heterocycles. The first kappa shape index (κ1) is 16.4. The molecule has 0 bridgehead atoms. The number of carbonyl (C=O) groups is 1. The van der Waals surface area contributed by atoms with Gasteiger partial charge in [0.15, 0.2) is 11.5 Å². The van der Waals surface area contributed by atoms with Crippen molar-refractivity contribution < 1.29 is 14.3 Å². The van der Waals surface area contributed by atoms with Crippen LogP contribution in [0.4, 0.5) is 0 Å². The van der Waals surface area contributed by atoms with Gasteiger partial charge >= 0.3 is 0 Å². The number of methoxy groups -OCH3 is 1. The van der Waals surface area contributed by atoms with Crippen molar-refractivity contribution in [2.24, 2.45) is 0 Å². The number of hydrogen-bond acceptors (Lipinski definition) is 3. The first-order chi connectivity index (χ1) is 9.47. The van der Waals surface area contributed by atoms with Crippen molar-refractivity contribution in [1.82, 2.24) is 5.32 Å². The van der Waals surface area contributed by atoms with E-state index in [9.17, 15) is 4.79 Å². The van der Waals surface area contributed by atoms with Crippen LogP contribution in [-0.4, -0.2) is 25.7 Å². The molecule has 0 spiro atoms. The zero-order chi connectivity index (χ0) is 15.1. The molecular weight excluding hydrogens is 278 g/mol. The van der Waals surface area contributed by atoms with E-state index in [0.29, 0.717) is 23.1 Å². The smallest absolute Gasteiger partial charge is 0.244 e. The number of halogens is 1. The van der Waals surface area contributed by atoms with Gasteiger partial charge in [-0.3, -0.25) is 4.79 Å². The first-order valence-electron chi connectivity index (χ1n) is 6.46. The predicted molar refractivity (Wildman–Crippen MR) is 81.5 cm³/mol. The van der Waals surface area contributed by atoms with Crippen LogP contribution in [0.2, 0.25) is 5.02 Å². The van der Waals surface area contributed by atoms with Crippen LogP contribution >= 0.6 is 11.6 Å². The van der Waals surface area contributed by atoms with Crippen molar-refractivity contribution in [2.75, 3.05) is 13.7 Å². The highest BCUT2D eigenvalue weighted by Gasteiger charge is 2.10. The molecule has 0 atom stereocenters. The fourth-order valence-corrected chi connectivity index (χ4v) is 1.90. The number of amides is 1. The summed E-state index contributed by atoms with van der Waals surface area (Å²) in [6.07, 6.45) is 3.15. The van der Waals surface area contributed by atoms with Gasteiger partial charge in [0, 0.05) is 12.1 Å². The summed E-state index contributed by atoms with van der Waals surface area (Å²) in [5.41, 5.74) is 0.772. The standard InChI is InChI=1S/C15H20ClNO3/c1-5-20-15-12(16)8-11(9-13(15)19-4)6-7-14(18)17-10(2)3/h6-10H,5H2,1-4H3,(H,17,18)/b7-6+. The Kier molecular flexibility index (Phi) is 6.39. The van der Waals surface area contributed by atoms with E-state index >= 15 is 0 Å². The lowest BCUT2D eigenvalue weighted by atomic mass is 10.2. The fourth-order valence-electron chi connectivity index (χ4n) is 1.62. The van der Waals surface area contributed by atoms with Crippen molar-refractivity contribution in [3.63, 3.8) is 0 Å². The Balaban J connectivity index is 2.94. The maximum atomic E-state index is 11.5. The van der Waals surface area contributed by atoms with Crippen molar-refractivity contribution in [2.45, 2.75) is 26.8 Å². The monoisotopic (exact) mass is 297 g/mol. The quantitative estimate of drug-likeness (QED) is 0.820. The second kappa shape index (κ2) is 7.80. The van der Waals surface area contributed by atoms with Gasteiger partial charge in [0.1, 0.15) is 0 Å². The zero-order valence-electron chi connectivity index (χ0n) is 12.2. The topological polar surface area (TPSA) is 47.6 Å². The molecule has 0 fully saturated rings. The third-order valence-electron chi connectivity index (χ3n) is 2.40. The number of carbonyl (C=O) groups excluding carboxylic acids is 1. The molecule has 1 N–H and O–H groups in total. The van der Waals surface area contributed by atoms with Gasteiger partial charge in [-0.1, -0.05) is 11.6 Å². The van der Waals surface area contributed by atoms with Gasteiger partial charge in [0.05, 0.1) is 18.7 Å². The molecule has 0 aliphatic carbocycles. The highest BCUT2D eigenvalue weighted by molar-refractivity contribution is 6.32. The molecule has 1 aromatic carbocycles. The summed E-state index contributed by atoms with van der Waals surface area (Å²) in [5.74, 6) is 0.910. The third kappa shape index (κ3) is 4.78. The van der Waals surface area contributed by atoms with Gasteiger partial charge in [0.2, 0.25) is 5.91 Å². The molecule has 4 nitrogen and oxygen atoms in total. The lowest BCUT2D eigenvalue weighted by molar-refractivity contribution is -0.116. The highest BCUT2D eigenvalue weighted by Crippen LogP contribution is 2.36. The van der Waals surface area contributed by atoms with E-state index in [2.05, 4.69) is 5.32 Å². The summed E-state index contributed by atoms with van der Waals surface area (Å²) in [5, 5.41) is 3.23. The van der Waals surface area contributed by atoms with Crippen LogP contribution in [0.25, 0.3) is 6.08 Å². The summed E-state index contributed by atoms with van der Waals surface area (Å²) in [4.78, 5) is 11.5. The molecule has 0 unspecified atom stereocenters. The minimum atomic E-state index is -0.149. The molecule has 0 saturated carbocycles. The first-order valence-corrected chi connectivity index (χ1v) is 6.84. The summed E-state index contributed by atoms with van der Waals surface area (Å²) in [7, 11) is 1.55. The predicted octanol–water partition coefficient (Wildman–Crippen LogP) is 3.29. The Morgan fingerprint density at radius 1 is 1.45 bits per heavy atom. The van der Waals surface area contributed by atoms with E-state index in [1.165, 1.54) is 6.08 Å². The number of ether oxygens (including phenoxy) is 2.